The van der Waals surface area contributed by atoms with Crippen LogP contribution in [0.2, 0.25) is 0 Å². The minimum absolute atomic E-state index is 0.0617. The number of rotatable bonds is 5. The lowest BCUT2D eigenvalue weighted by Gasteiger charge is -2.10. The van der Waals surface area contributed by atoms with Gasteiger partial charge in [-0.3, -0.25) is 4.79 Å². The van der Waals surface area contributed by atoms with Crippen LogP contribution < -0.4 is 10.1 Å². The lowest BCUT2D eigenvalue weighted by atomic mass is 10.1. The molecule has 1 heterocycles. The topological polar surface area (TPSA) is 71.3 Å². The van der Waals surface area contributed by atoms with Crippen molar-refractivity contribution in [3.05, 3.63) is 34.9 Å². The molecule has 5 nitrogen and oxygen atoms in total. The van der Waals surface area contributed by atoms with E-state index < -0.39 is 0 Å². The average Bonchev–Trinajstić information content (AvgIpc) is 3.04. The van der Waals surface area contributed by atoms with Crippen molar-refractivity contribution in [2.75, 3.05) is 20.3 Å². The molecular weight excluding hydrogens is 280 g/mol. The largest absolute Gasteiger partial charge is 0.497 e. The minimum Gasteiger partial charge on any atom is -0.497 e. The zero-order chi connectivity index (χ0) is 15.9. The predicted molar refractivity (Wildman–Crippen MR) is 83.3 cm³/mol. The lowest BCUT2D eigenvalue weighted by molar-refractivity contribution is -0.117. The van der Waals surface area contributed by atoms with Gasteiger partial charge in [0, 0.05) is 13.2 Å². The Kier molecular flexibility index (Phi) is 5.56. The third-order valence-electron chi connectivity index (χ3n) is 3.66. The number of methoxy groups -OCH3 is 1. The second-order valence-electron chi connectivity index (χ2n) is 5.24. The Bertz CT molecular complexity index is 611. The number of nitriles is 1. The fourth-order valence-corrected chi connectivity index (χ4v) is 2.35. The zero-order valence-electron chi connectivity index (χ0n) is 12.9. The summed E-state index contributed by atoms with van der Waals surface area (Å²) >= 11 is 0. The molecule has 1 aliphatic rings. The van der Waals surface area contributed by atoms with Crippen LogP contribution in [0.4, 0.5) is 0 Å². The van der Waals surface area contributed by atoms with Gasteiger partial charge in [-0.15, -0.1) is 0 Å². The summed E-state index contributed by atoms with van der Waals surface area (Å²) in [6.45, 7) is 3.10. The van der Waals surface area contributed by atoms with Crippen molar-refractivity contribution < 1.29 is 14.3 Å². The van der Waals surface area contributed by atoms with Crippen LogP contribution in [0.25, 0.3) is 6.08 Å². The normalized spacial score (nSPS) is 17.9. The smallest absolute Gasteiger partial charge is 0.262 e. The Hall–Kier alpha value is -2.32. The first kappa shape index (κ1) is 16.1. The maximum atomic E-state index is 12.1. The fourth-order valence-electron chi connectivity index (χ4n) is 2.35. The Morgan fingerprint density at radius 3 is 3.00 bits per heavy atom. The summed E-state index contributed by atoms with van der Waals surface area (Å²) in [4.78, 5) is 12.1. The molecule has 1 aromatic carbocycles. The lowest BCUT2D eigenvalue weighted by Crippen LogP contribution is -2.32. The number of aryl methyl sites for hydroxylation is 1. The van der Waals surface area contributed by atoms with Crippen LogP contribution >= 0.6 is 0 Å². The quantitative estimate of drug-likeness (QED) is 0.668. The van der Waals surface area contributed by atoms with Gasteiger partial charge in [0.25, 0.3) is 5.91 Å². The molecule has 0 unspecified atom stereocenters. The molecular formula is C17H20N2O3. The number of carbonyl (C=O) groups excluding carboxylic acids is 1. The highest BCUT2D eigenvalue weighted by Gasteiger charge is 2.17. The van der Waals surface area contributed by atoms with Gasteiger partial charge in [-0.05, 0) is 49.1 Å². The van der Waals surface area contributed by atoms with Gasteiger partial charge in [-0.2, -0.15) is 5.26 Å². The maximum Gasteiger partial charge on any atom is 0.262 e. The molecule has 1 aliphatic heterocycles. The number of nitrogens with one attached hydrogen (secondary N) is 1. The van der Waals surface area contributed by atoms with Crippen molar-refractivity contribution in [2.24, 2.45) is 0 Å². The molecule has 1 aromatic rings. The third-order valence-corrected chi connectivity index (χ3v) is 3.66. The molecule has 0 aromatic heterocycles. The minimum atomic E-state index is -0.367. The first-order valence-electron chi connectivity index (χ1n) is 7.30. The monoisotopic (exact) mass is 300 g/mol. The number of nitrogens with zero attached hydrogens (tertiary/aromatic N) is 1. The van der Waals surface area contributed by atoms with E-state index in [-0.39, 0.29) is 17.6 Å². The molecule has 2 rings (SSSR count). The van der Waals surface area contributed by atoms with Crippen LogP contribution in [0.15, 0.2) is 23.8 Å². The van der Waals surface area contributed by atoms with E-state index in [9.17, 15) is 10.1 Å². The first-order chi connectivity index (χ1) is 10.6. The summed E-state index contributed by atoms with van der Waals surface area (Å²) in [6.07, 6.45) is 3.63. The molecule has 1 amide bonds. The standard InChI is InChI=1S/C17H20N2O3/c1-12-8-15(21-2)6-5-13(12)9-14(10-18)17(20)19-11-16-4-3-7-22-16/h5-6,8-9,16H,3-4,7,11H2,1-2H3,(H,19,20)/b14-9+/t16-/m0/s1. The van der Waals surface area contributed by atoms with E-state index in [0.29, 0.717) is 6.54 Å². The van der Waals surface area contributed by atoms with Crippen molar-refractivity contribution >= 4 is 12.0 Å². The van der Waals surface area contributed by atoms with Gasteiger partial charge in [0.05, 0.1) is 13.2 Å². The van der Waals surface area contributed by atoms with Crippen LogP contribution in [0.1, 0.15) is 24.0 Å². The summed E-state index contributed by atoms with van der Waals surface area (Å²) in [5.41, 5.74) is 1.86. The molecule has 1 saturated heterocycles. The molecule has 116 valence electrons. The number of carbonyl (C=O) groups is 1. The first-order valence-corrected chi connectivity index (χ1v) is 7.30. The molecule has 0 radical (unpaired) electrons. The van der Waals surface area contributed by atoms with Crippen LogP contribution in [-0.2, 0) is 9.53 Å². The molecule has 1 fully saturated rings. The van der Waals surface area contributed by atoms with E-state index in [4.69, 9.17) is 9.47 Å². The molecule has 1 N–H and O–H groups in total. The van der Waals surface area contributed by atoms with Gasteiger partial charge in [0.15, 0.2) is 0 Å². The molecule has 1 atom stereocenters. The van der Waals surface area contributed by atoms with E-state index in [0.717, 1.165) is 36.3 Å². The SMILES string of the molecule is COc1ccc(/C=C(\C#N)C(=O)NC[C@@H]2CCCO2)c(C)c1. The average molecular weight is 300 g/mol. The van der Waals surface area contributed by atoms with Crippen molar-refractivity contribution in [3.8, 4) is 11.8 Å². The highest BCUT2D eigenvalue weighted by atomic mass is 16.5. The zero-order valence-corrected chi connectivity index (χ0v) is 12.9. The predicted octanol–water partition coefficient (Wildman–Crippen LogP) is 2.21. The van der Waals surface area contributed by atoms with Crippen LogP contribution in [0.5, 0.6) is 5.75 Å². The van der Waals surface area contributed by atoms with E-state index in [1.165, 1.54) is 0 Å². The highest BCUT2D eigenvalue weighted by Crippen LogP contribution is 2.19. The highest BCUT2D eigenvalue weighted by molar-refractivity contribution is 6.01. The molecule has 22 heavy (non-hydrogen) atoms. The molecule has 5 heteroatoms. The molecule has 0 aliphatic carbocycles. The van der Waals surface area contributed by atoms with Crippen molar-refractivity contribution in [1.29, 1.82) is 5.26 Å². The van der Waals surface area contributed by atoms with Crippen LogP contribution in [-0.4, -0.2) is 32.3 Å². The fraction of sp³-hybridized carbons (Fsp3) is 0.412. The number of hydrogen-bond acceptors (Lipinski definition) is 4. The van der Waals surface area contributed by atoms with Gasteiger partial charge in [0.1, 0.15) is 17.4 Å². The summed E-state index contributed by atoms with van der Waals surface area (Å²) in [6, 6.07) is 7.46. The second kappa shape index (κ2) is 7.62. The Labute approximate surface area is 130 Å². The third kappa shape index (κ3) is 4.09. The number of amides is 1. The summed E-state index contributed by atoms with van der Waals surface area (Å²) in [5, 5.41) is 12.0. The van der Waals surface area contributed by atoms with Crippen LogP contribution in [0.3, 0.4) is 0 Å². The van der Waals surface area contributed by atoms with Crippen molar-refractivity contribution in [3.63, 3.8) is 0 Å². The van der Waals surface area contributed by atoms with E-state index in [2.05, 4.69) is 5.32 Å². The Morgan fingerprint density at radius 2 is 2.41 bits per heavy atom. The number of hydrogen-bond donors (Lipinski definition) is 1. The van der Waals surface area contributed by atoms with Crippen molar-refractivity contribution in [2.45, 2.75) is 25.9 Å². The Balaban J connectivity index is 2.06. The summed E-state index contributed by atoms with van der Waals surface area (Å²) < 4.78 is 10.6. The van der Waals surface area contributed by atoms with Gasteiger partial charge < -0.3 is 14.8 Å². The van der Waals surface area contributed by atoms with Gasteiger partial charge in [0.2, 0.25) is 0 Å². The Morgan fingerprint density at radius 1 is 1.59 bits per heavy atom. The van der Waals surface area contributed by atoms with Crippen LogP contribution in [0, 0.1) is 18.3 Å². The van der Waals surface area contributed by atoms with E-state index in [1.807, 2.05) is 25.1 Å². The maximum absolute atomic E-state index is 12.1. The number of benzene rings is 1. The van der Waals surface area contributed by atoms with Gasteiger partial charge in [-0.1, -0.05) is 6.07 Å². The molecule has 0 saturated carbocycles. The molecule has 0 bridgehead atoms. The number of ether oxygens (including phenoxy) is 2. The van der Waals surface area contributed by atoms with Gasteiger partial charge in [-0.25, -0.2) is 0 Å². The summed E-state index contributed by atoms with van der Waals surface area (Å²) in [5.74, 6) is 0.379. The second-order valence-corrected chi connectivity index (χ2v) is 5.24. The van der Waals surface area contributed by atoms with E-state index >= 15 is 0 Å². The molecule has 0 spiro atoms. The summed E-state index contributed by atoms with van der Waals surface area (Å²) in [7, 11) is 1.60. The van der Waals surface area contributed by atoms with Gasteiger partial charge >= 0.3 is 0 Å². The van der Waals surface area contributed by atoms with Crippen molar-refractivity contribution in [1.82, 2.24) is 5.32 Å². The van der Waals surface area contributed by atoms with E-state index in [1.54, 1.807) is 19.3 Å².